The van der Waals surface area contributed by atoms with Crippen LogP contribution in [0.15, 0.2) is 147 Å². The maximum Gasteiger partial charge on any atom is 0.501 e. The third-order valence-electron chi connectivity index (χ3n) is 21.5. The molecule has 2 amide bonds. The molecule has 0 radical (unpaired) electrons. The highest BCUT2D eigenvalue weighted by atomic mass is 35.5. The number of allylic oxidation sites excluding steroid dienone is 1. The van der Waals surface area contributed by atoms with Gasteiger partial charge in [-0.3, -0.25) is 19.4 Å². The number of aliphatic hydroxyl groups excluding tert-OH is 1. The van der Waals surface area contributed by atoms with Crippen molar-refractivity contribution < 1.29 is 44.7 Å². The molecule has 25 heteroatoms. The molecule has 578 valence electrons. The van der Waals surface area contributed by atoms with Crippen LogP contribution in [0.1, 0.15) is 159 Å². The highest BCUT2D eigenvalue weighted by Gasteiger charge is 2.49. The van der Waals surface area contributed by atoms with Gasteiger partial charge in [0.15, 0.2) is 0 Å². The molecule has 5 N–H and O–H groups in total. The minimum atomic E-state index is -6.12. The predicted molar refractivity (Wildman–Crippen MR) is 425 cm³/mol. The quantitative estimate of drug-likeness (QED) is 0.0186. The Morgan fingerprint density at radius 1 is 0.783 bits per heavy atom. The number of thioether (sulfide) groups is 1. The lowest BCUT2D eigenvalue weighted by atomic mass is 9.73. The Bertz CT molecular complexity index is 4090. The number of halogens is 4. The van der Waals surface area contributed by atoms with Crippen LogP contribution in [0.2, 0.25) is 5.02 Å². The van der Waals surface area contributed by atoms with Crippen molar-refractivity contribution in [3.63, 3.8) is 0 Å². The number of thiazole rings is 1. The van der Waals surface area contributed by atoms with Gasteiger partial charge in [0.2, 0.25) is 5.91 Å². The number of β-amino-alcohol motifs (C(OH)–C–C–N with tert-alkyl or cyclic N) is 1. The van der Waals surface area contributed by atoms with E-state index in [1.165, 1.54) is 40.6 Å². The normalized spacial score (nSPS) is 19.1. The first-order valence-corrected chi connectivity index (χ1v) is 43.1. The Morgan fingerprint density at radius 3 is 2.10 bits per heavy atom. The highest BCUT2D eigenvalue weighted by Crippen LogP contribution is 2.44. The van der Waals surface area contributed by atoms with Crippen LogP contribution < -0.4 is 25.6 Å². The number of aryl methyl sites for hydroxylation is 1. The molecule has 0 spiro atoms. The smallest absolute Gasteiger partial charge is 0.392 e. The molecule has 3 aliphatic heterocycles. The average molecular weight is 1560 g/mol. The van der Waals surface area contributed by atoms with Gasteiger partial charge in [-0.15, -0.1) is 23.1 Å². The van der Waals surface area contributed by atoms with Crippen molar-refractivity contribution in [3.8, 4) is 10.4 Å². The van der Waals surface area contributed by atoms with E-state index in [0.29, 0.717) is 49.3 Å². The number of piperazine rings is 2. The lowest BCUT2D eigenvalue weighted by Gasteiger charge is -2.39. The molecular weight excluding hydrogens is 1450 g/mol. The summed E-state index contributed by atoms with van der Waals surface area (Å²) in [7, 11) is -11.0. The van der Waals surface area contributed by atoms with E-state index in [9.17, 15) is 44.7 Å². The predicted octanol–water partition coefficient (Wildman–Crippen LogP) is 15.2. The van der Waals surface area contributed by atoms with Gasteiger partial charge >= 0.3 is 5.51 Å². The highest BCUT2D eigenvalue weighted by molar-refractivity contribution is 7.99. The Labute approximate surface area is 641 Å². The first-order chi connectivity index (χ1) is 50.5. The lowest BCUT2D eigenvalue weighted by Crippen LogP contribution is -2.51. The van der Waals surface area contributed by atoms with E-state index in [0.717, 1.165) is 193 Å². The van der Waals surface area contributed by atoms with Crippen LogP contribution in [0.3, 0.4) is 0 Å². The second-order valence-electron chi connectivity index (χ2n) is 31.2. The summed E-state index contributed by atoms with van der Waals surface area (Å²) in [6.45, 7) is 26.3. The second-order valence-corrected chi connectivity index (χ2v) is 37.2. The number of carbonyl (C=O) groups is 2. The van der Waals surface area contributed by atoms with E-state index in [1.807, 2.05) is 59.6 Å². The van der Waals surface area contributed by atoms with E-state index in [4.69, 9.17) is 11.6 Å². The van der Waals surface area contributed by atoms with Crippen molar-refractivity contribution in [3.05, 3.63) is 160 Å². The third kappa shape index (κ3) is 23.1. The van der Waals surface area contributed by atoms with Gasteiger partial charge in [-0.1, -0.05) is 145 Å². The summed E-state index contributed by atoms with van der Waals surface area (Å²) < 4.78 is 101. The van der Waals surface area contributed by atoms with Gasteiger partial charge in [-0.05, 0) is 178 Å². The van der Waals surface area contributed by atoms with Gasteiger partial charge in [-0.2, -0.15) is 13.2 Å². The van der Waals surface area contributed by atoms with Crippen LogP contribution in [0, 0.1) is 17.8 Å². The molecule has 2 unspecified atom stereocenters. The molecule has 4 aliphatic rings. The minimum Gasteiger partial charge on any atom is -0.392 e. The minimum absolute atomic E-state index is 0.00630. The first-order valence-electron chi connectivity index (χ1n) is 37.9. The molecule has 17 nitrogen and oxygen atoms in total. The maximum absolute atomic E-state index is 14.6. The molecule has 3 saturated heterocycles. The zero-order valence-corrected chi connectivity index (χ0v) is 66.8. The van der Waals surface area contributed by atoms with Gasteiger partial charge < -0.3 is 35.8 Å². The summed E-state index contributed by atoms with van der Waals surface area (Å²) >= 11 is 9.33. The maximum atomic E-state index is 14.6. The van der Waals surface area contributed by atoms with Crippen molar-refractivity contribution in [2.75, 3.05) is 101 Å². The van der Waals surface area contributed by atoms with Gasteiger partial charge in [0, 0.05) is 124 Å². The number of aliphatic hydroxyl groups is 1. The van der Waals surface area contributed by atoms with Crippen LogP contribution >= 0.6 is 34.7 Å². The number of sulfonamides is 1. The third-order valence-corrected chi connectivity index (χ3v) is 26.8. The molecule has 5 atom stereocenters. The summed E-state index contributed by atoms with van der Waals surface area (Å²) in [5.41, 5.74) is 3.90. The van der Waals surface area contributed by atoms with Crippen LogP contribution in [0.5, 0.6) is 0 Å². The Morgan fingerprint density at radius 2 is 1.44 bits per heavy atom. The van der Waals surface area contributed by atoms with Gasteiger partial charge in [0.25, 0.3) is 25.8 Å². The lowest BCUT2D eigenvalue weighted by molar-refractivity contribution is -0.126. The monoisotopic (exact) mass is 1550 g/mol. The average Bonchev–Trinajstić information content (AvgIpc) is 1.29. The van der Waals surface area contributed by atoms with Crippen molar-refractivity contribution in [1.82, 2.24) is 39.9 Å². The van der Waals surface area contributed by atoms with Crippen LogP contribution in [-0.2, 0) is 31.2 Å². The largest absolute Gasteiger partial charge is 0.501 e. The number of hydrogen-bond acceptors (Lipinski definition) is 17. The van der Waals surface area contributed by atoms with E-state index in [2.05, 4.69) is 123 Å². The number of rotatable bonds is 35. The fourth-order valence-electron chi connectivity index (χ4n) is 15.2. The van der Waals surface area contributed by atoms with E-state index >= 15 is 0 Å². The standard InChI is InChI=1S/C81H110ClF3N10O7S4/c1-8-9-18-67(95-55-68(96)50-73(95)78(98)87-53-59-21-23-61(24-22-59)76-58(2)88-57-104-76)49-75(79(3,4)5)86-38-16-11-10-12-17-39-91-41-43-92(44-42-91)40-36-65(56-103-69-19-14-13-15-20-69)89-72-34-33-70(51-74(72)105(99,100)81(83,84)85)106(101,102)90-77(97)62-27-31-66(32-28-62)94-47-45-93(46-48-94)54-63-52-80(6,7)37-35-71(63)60-25-29-64(82)30-26-60/h13-15,19-34,51,57,65,67-68,73,75,86,89,96H,8-12,16-18,35-50,52-56H2,1-7H3,(H,87,98)(H,90,97)/t65?,67-,68+,73-,75?/m0/s1. The molecule has 0 saturated carbocycles. The molecule has 0 bridgehead atoms. The Hall–Kier alpha value is -5.90. The Kier molecular flexibility index (Phi) is 29.4. The number of nitrogens with one attached hydrogen (secondary N) is 4. The number of alkyl halides is 3. The number of sulfone groups is 1. The number of benzene rings is 5. The van der Waals surface area contributed by atoms with Crippen LogP contribution in [-0.4, -0.2) is 185 Å². The van der Waals surface area contributed by atoms with E-state index in [1.54, 1.807) is 23.5 Å². The molecule has 6 aromatic rings. The van der Waals surface area contributed by atoms with Crippen LogP contribution in [0.4, 0.5) is 24.5 Å². The van der Waals surface area contributed by atoms with Gasteiger partial charge in [0.1, 0.15) is 4.90 Å². The number of unbranched alkanes of at least 4 members (excludes halogenated alkanes) is 5. The number of nitrogens with zero attached hydrogens (tertiary/aromatic N) is 6. The second kappa shape index (κ2) is 37.7. The number of anilines is 2. The van der Waals surface area contributed by atoms with Crippen molar-refractivity contribution in [1.29, 1.82) is 0 Å². The molecular formula is C81H110ClF3N10O7S4. The summed E-state index contributed by atoms with van der Waals surface area (Å²) in [4.78, 5) is 43.7. The number of amides is 2. The molecule has 1 aromatic heterocycles. The summed E-state index contributed by atoms with van der Waals surface area (Å²) in [5.74, 6) is -0.705. The molecule has 3 fully saturated rings. The van der Waals surface area contributed by atoms with E-state index < -0.39 is 64.9 Å². The first kappa shape index (κ1) is 82.6. The summed E-state index contributed by atoms with van der Waals surface area (Å²) in [5, 5.41) is 22.0. The van der Waals surface area contributed by atoms with Gasteiger partial charge in [0.05, 0.1) is 38.8 Å². The van der Waals surface area contributed by atoms with Crippen molar-refractivity contribution in [2.45, 2.75) is 195 Å². The molecule has 106 heavy (non-hydrogen) atoms. The number of hydrogen-bond donors (Lipinski definition) is 5. The molecule has 5 aromatic carbocycles. The molecule has 4 heterocycles. The number of likely N-dealkylation sites (tertiary alicyclic amines) is 1. The summed E-state index contributed by atoms with van der Waals surface area (Å²) in [6, 6.07) is 34.3. The van der Waals surface area contributed by atoms with E-state index in [-0.39, 0.29) is 34.4 Å². The zero-order chi connectivity index (χ0) is 75.8. The van der Waals surface area contributed by atoms with Crippen molar-refractivity contribution in [2.24, 2.45) is 10.8 Å². The fraction of sp³-hybridized carbons (Fsp3) is 0.543. The number of aromatic nitrogens is 1. The zero-order valence-electron chi connectivity index (χ0n) is 62.7. The molecule has 1 aliphatic carbocycles. The summed E-state index contributed by atoms with van der Waals surface area (Å²) in [6.07, 6.45) is 12.8. The fourth-order valence-corrected chi connectivity index (χ4v) is 19.2. The van der Waals surface area contributed by atoms with Gasteiger partial charge in [-0.25, -0.2) is 26.5 Å². The van der Waals surface area contributed by atoms with Crippen LogP contribution in [0.25, 0.3) is 16.0 Å². The SMILES string of the molecule is CCCC[C@@H](CC(NCCCCCCCN1CCN(CCC(CSc2ccccc2)Nc2ccc(S(=O)(=O)NC(=O)c3ccc(N4CCN(CC5=C(c6ccc(Cl)cc6)CCC(C)(C)C5)CC4)cc3)cc2S(=O)(=O)C(F)(F)F)CC1)C(C)(C)C)N1C[C@H](O)C[C@H]1C(=O)NCc1ccc(-c2scnc2C)cc1. The topological polar surface area (TPSA) is 200 Å². The molecule has 10 rings (SSSR count). The van der Waals surface area contributed by atoms with Crippen molar-refractivity contribution >= 4 is 83.3 Å². The number of carbonyl (C=O) groups excluding carboxylic acids is 2. The Balaban J connectivity index is 0.674.